The summed E-state index contributed by atoms with van der Waals surface area (Å²) < 4.78 is 4.99. The van der Waals surface area contributed by atoms with Crippen LogP contribution < -0.4 is 5.32 Å². The Kier molecular flexibility index (Phi) is 7.09. The van der Waals surface area contributed by atoms with Crippen molar-refractivity contribution in [2.45, 2.75) is 57.5 Å². The van der Waals surface area contributed by atoms with Gasteiger partial charge in [0.25, 0.3) is 0 Å². The summed E-state index contributed by atoms with van der Waals surface area (Å²) in [7, 11) is 1.67. The van der Waals surface area contributed by atoms with Crippen LogP contribution in [0.1, 0.15) is 51.9 Å². The fourth-order valence-electron chi connectivity index (χ4n) is 2.55. The molecule has 17 heavy (non-hydrogen) atoms. The van der Waals surface area contributed by atoms with Gasteiger partial charge in [0.05, 0.1) is 5.60 Å². The van der Waals surface area contributed by atoms with Crippen molar-refractivity contribution in [3.8, 4) is 0 Å². The molecule has 0 radical (unpaired) electrons. The van der Waals surface area contributed by atoms with Crippen molar-refractivity contribution in [2.24, 2.45) is 5.92 Å². The van der Waals surface area contributed by atoms with Crippen LogP contribution in [-0.4, -0.2) is 37.5 Å². The molecule has 1 rings (SSSR count). The minimum absolute atomic E-state index is 0.622. The third-order valence-corrected chi connectivity index (χ3v) is 3.80. The Morgan fingerprint density at radius 2 is 2.00 bits per heavy atom. The average Bonchev–Trinajstić information content (AvgIpc) is 2.34. The van der Waals surface area contributed by atoms with E-state index in [2.05, 4.69) is 5.32 Å². The summed E-state index contributed by atoms with van der Waals surface area (Å²) in [4.78, 5) is 0. The van der Waals surface area contributed by atoms with Crippen molar-refractivity contribution in [1.82, 2.24) is 5.32 Å². The molecule has 1 unspecified atom stereocenters. The largest absolute Gasteiger partial charge is 0.389 e. The molecule has 0 saturated heterocycles. The van der Waals surface area contributed by atoms with E-state index >= 15 is 0 Å². The Labute approximate surface area is 106 Å². The summed E-state index contributed by atoms with van der Waals surface area (Å²) in [6.45, 7) is 4.20. The lowest BCUT2D eigenvalue weighted by Gasteiger charge is -2.25. The first-order valence-electron chi connectivity index (χ1n) is 7.06. The van der Waals surface area contributed by atoms with E-state index < -0.39 is 5.60 Å². The van der Waals surface area contributed by atoms with Crippen LogP contribution >= 0.6 is 0 Å². The van der Waals surface area contributed by atoms with Crippen LogP contribution in [0.15, 0.2) is 0 Å². The number of rotatable bonds is 8. The van der Waals surface area contributed by atoms with Gasteiger partial charge in [-0.15, -0.1) is 0 Å². The Bertz CT molecular complexity index is 189. The van der Waals surface area contributed by atoms with Gasteiger partial charge in [-0.05, 0) is 25.8 Å². The zero-order valence-corrected chi connectivity index (χ0v) is 11.5. The van der Waals surface area contributed by atoms with Crippen molar-refractivity contribution >= 4 is 0 Å². The molecule has 1 saturated carbocycles. The van der Waals surface area contributed by atoms with Gasteiger partial charge in [-0.25, -0.2) is 0 Å². The molecule has 3 nitrogen and oxygen atoms in total. The van der Waals surface area contributed by atoms with E-state index in [0.717, 1.165) is 12.5 Å². The molecule has 1 atom stereocenters. The van der Waals surface area contributed by atoms with E-state index in [9.17, 15) is 5.11 Å². The monoisotopic (exact) mass is 243 g/mol. The average molecular weight is 243 g/mol. The summed E-state index contributed by atoms with van der Waals surface area (Å²) in [5.74, 6) is 0.917. The molecule has 0 heterocycles. The fourth-order valence-corrected chi connectivity index (χ4v) is 2.55. The Morgan fingerprint density at radius 3 is 2.65 bits per heavy atom. The van der Waals surface area contributed by atoms with Crippen LogP contribution in [0.5, 0.6) is 0 Å². The molecule has 0 aromatic rings. The molecule has 3 heteroatoms. The maximum absolute atomic E-state index is 10.0. The predicted octanol–water partition coefficient (Wildman–Crippen LogP) is 2.33. The topological polar surface area (TPSA) is 41.5 Å². The van der Waals surface area contributed by atoms with Gasteiger partial charge in [-0.1, -0.05) is 32.1 Å². The van der Waals surface area contributed by atoms with Gasteiger partial charge in [-0.2, -0.15) is 0 Å². The second-order valence-electron chi connectivity index (χ2n) is 5.71. The lowest BCUT2D eigenvalue weighted by molar-refractivity contribution is 0.0248. The number of aliphatic hydroxyl groups is 1. The number of hydrogen-bond donors (Lipinski definition) is 2. The zero-order valence-electron chi connectivity index (χ0n) is 11.5. The lowest BCUT2D eigenvalue weighted by atomic mass is 9.87. The summed E-state index contributed by atoms with van der Waals surface area (Å²) in [5.41, 5.74) is -0.636. The quantitative estimate of drug-likeness (QED) is 0.643. The highest BCUT2D eigenvalue weighted by Gasteiger charge is 2.19. The van der Waals surface area contributed by atoms with Crippen molar-refractivity contribution in [3.63, 3.8) is 0 Å². The third kappa shape index (κ3) is 7.02. The number of nitrogens with one attached hydrogen (secondary N) is 1. The molecule has 0 aromatic heterocycles. The molecule has 0 bridgehead atoms. The highest BCUT2D eigenvalue weighted by molar-refractivity contribution is 4.75. The van der Waals surface area contributed by atoms with Gasteiger partial charge in [0.1, 0.15) is 0 Å². The Balaban J connectivity index is 2.02. The van der Waals surface area contributed by atoms with Crippen LogP contribution in [0.2, 0.25) is 0 Å². The van der Waals surface area contributed by atoms with Crippen LogP contribution in [0, 0.1) is 5.92 Å². The van der Waals surface area contributed by atoms with Gasteiger partial charge in [-0.3, -0.25) is 0 Å². The number of methoxy groups -OCH3 is 1. The standard InChI is InChI=1S/C14H29NO2/c1-14(16,9-11-17-2)12-15-10-8-13-6-4-3-5-7-13/h13,15-16H,3-12H2,1-2H3. The second-order valence-corrected chi connectivity index (χ2v) is 5.71. The normalized spacial score (nSPS) is 21.4. The van der Waals surface area contributed by atoms with Gasteiger partial charge in [0.2, 0.25) is 0 Å². The molecule has 1 aliphatic rings. The minimum Gasteiger partial charge on any atom is -0.389 e. The first-order valence-corrected chi connectivity index (χ1v) is 7.06. The summed E-state index contributed by atoms with van der Waals surface area (Å²) in [5, 5.41) is 13.4. The van der Waals surface area contributed by atoms with Crippen LogP contribution in [0.4, 0.5) is 0 Å². The van der Waals surface area contributed by atoms with Crippen molar-refractivity contribution in [1.29, 1.82) is 0 Å². The summed E-state index contributed by atoms with van der Waals surface area (Å²) in [6, 6.07) is 0. The molecular formula is C14H29NO2. The Hall–Kier alpha value is -0.120. The SMILES string of the molecule is COCCC(C)(O)CNCCC1CCCCC1. The van der Waals surface area contributed by atoms with Crippen molar-refractivity contribution in [3.05, 3.63) is 0 Å². The van der Waals surface area contributed by atoms with Crippen LogP contribution in [-0.2, 0) is 4.74 Å². The highest BCUT2D eigenvalue weighted by Crippen LogP contribution is 2.25. The fraction of sp³-hybridized carbons (Fsp3) is 1.00. The molecule has 0 aliphatic heterocycles. The molecule has 102 valence electrons. The first-order chi connectivity index (χ1) is 8.14. The van der Waals surface area contributed by atoms with E-state index in [1.165, 1.54) is 38.5 Å². The maximum atomic E-state index is 10.0. The van der Waals surface area contributed by atoms with Gasteiger partial charge >= 0.3 is 0 Å². The number of hydrogen-bond acceptors (Lipinski definition) is 3. The smallest absolute Gasteiger partial charge is 0.0765 e. The van der Waals surface area contributed by atoms with Crippen molar-refractivity contribution < 1.29 is 9.84 Å². The molecule has 1 aliphatic carbocycles. The molecule has 1 fully saturated rings. The summed E-state index contributed by atoms with van der Waals surface area (Å²) >= 11 is 0. The molecule has 0 spiro atoms. The predicted molar refractivity (Wildman–Crippen MR) is 71.2 cm³/mol. The molecule has 0 aromatic carbocycles. The van der Waals surface area contributed by atoms with Gasteiger partial charge < -0.3 is 15.2 Å². The summed E-state index contributed by atoms with van der Waals surface area (Å²) in [6.07, 6.45) is 9.02. The van der Waals surface area contributed by atoms with E-state index in [-0.39, 0.29) is 0 Å². The first kappa shape index (κ1) is 14.9. The van der Waals surface area contributed by atoms with Crippen molar-refractivity contribution in [2.75, 3.05) is 26.8 Å². The third-order valence-electron chi connectivity index (χ3n) is 3.80. The second kappa shape index (κ2) is 8.06. The maximum Gasteiger partial charge on any atom is 0.0765 e. The van der Waals surface area contributed by atoms with Crippen LogP contribution in [0.3, 0.4) is 0 Å². The van der Waals surface area contributed by atoms with Gasteiger partial charge in [0.15, 0.2) is 0 Å². The van der Waals surface area contributed by atoms with E-state index in [0.29, 0.717) is 19.6 Å². The molecule has 0 amide bonds. The highest BCUT2D eigenvalue weighted by atomic mass is 16.5. The molecular weight excluding hydrogens is 214 g/mol. The Morgan fingerprint density at radius 1 is 1.29 bits per heavy atom. The number of ether oxygens (including phenoxy) is 1. The van der Waals surface area contributed by atoms with E-state index in [4.69, 9.17) is 4.74 Å². The van der Waals surface area contributed by atoms with Crippen LogP contribution in [0.25, 0.3) is 0 Å². The molecule has 2 N–H and O–H groups in total. The van der Waals surface area contributed by atoms with E-state index in [1.54, 1.807) is 7.11 Å². The van der Waals surface area contributed by atoms with E-state index in [1.807, 2.05) is 6.92 Å². The zero-order chi connectivity index (χ0) is 12.6. The van der Waals surface area contributed by atoms with Gasteiger partial charge in [0, 0.05) is 26.7 Å². The lowest BCUT2D eigenvalue weighted by Crippen LogP contribution is -2.39. The minimum atomic E-state index is -0.636.